The molecule has 2 heterocycles. The first-order chi connectivity index (χ1) is 8.38. The topological polar surface area (TPSA) is 61.0 Å². The lowest BCUT2D eigenvalue weighted by Crippen LogP contribution is -2.24. The lowest BCUT2D eigenvalue weighted by atomic mass is 10.0. The summed E-state index contributed by atoms with van der Waals surface area (Å²) in [5, 5.41) is 0. The Bertz CT molecular complexity index is 527. The van der Waals surface area contributed by atoms with E-state index in [0.717, 1.165) is 23.3 Å². The molecule has 0 amide bonds. The Hall–Kier alpha value is -1.94. The van der Waals surface area contributed by atoms with Gasteiger partial charge in [-0.05, 0) is 5.56 Å². The maximum Gasteiger partial charge on any atom is 0.131 e. The Morgan fingerprint density at radius 1 is 1.29 bits per heavy atom. The molecule has 0 fully saturated rings. The fraction of sp³-hybridized carbons (Fsp3) is 0.231. The van der Waals surface area contributed by atoms with Crippen LogP contribution in [0.5, 0.6) is 5.75 Å². The van der Waals surface area contributed by atoms with Crippen molar-refractivity contribution in [2.45, 2.75) is 12.5 Å². The van der Waals surface area contributed by atoms with E-state index in [4.69, 9.17) is 10.5 Å². The zero-order valence-electron chi connectivity index (χ0n) is 9.34. The molecule has 1 aromatic carbocycles. The number of nitrogens with two attached hydrogens (primary N) is 1. The first-order valence-electron chi connectivity index (χ1n) is 5.62. The molecule has 2 N–H and O–H groups in total. The van der Waals surface area contributed by atoms with Crippen LogP contribution in [0.4, 0.5) is 0 Å². The Balaban J connectivity index is 2.07. The minimum atomic E-state index is 0.0933. The summed E-state index contributed by atoms with van der Waals surface area (Å²) in [6.45, 7) is 0.541. The molecule has 0 bridgehead atoms. The average Bonchev–Trinajstić information content (AvgIpc) is 2.82. The molecule has 1 aliphatic heterocycles. The number of aromatic nitrogens is 2. The van der Waals surface area contributed by atoms with Gasteiger partial charge in [0, 0.05) is 36.5 Å². The predicted molar refractivity (Wildman–Crippen MR) is 64.6 cm³/mol. The first kappa shape index (κ1) is 10.2. The van der Waals surface area contributed by atoms with E-state index in [1.165, 1.54) is 11.9 Å². The molecule has 1 aromatic heterocycles. The maximum atomic E-state index is 5.86. The van der Waals surface area contributed by atoms with Crippen molar-refractivity contribution in [2.75, 3.05) is 6.54 Å². The Labute approximate surface area is 99.5 Å². The van der Waals surface area contributed by atoms with Gasteiger partial charge in [0.15, 0.2) is 0 Å². The summed E-state index contributed by atoms with van der Waals surface area (Å²) in [5.41, 5.74) is 8.88. The highest BCUT2D eigenvalue weighted by molar-refractivity contribution is 5.71. The van der Waals surface area contributed by atoms with Gasteiger partial charge in [-0.15, -0.1) is 0 Å². The number of nitrogens with zero attached hydrogens (tertiary/aromatic N) is 2. The third kappa shape index (κ3) is 1.76. The van der Waals surface area contributed by atoms with E-state index >= 15 is 0 Å². The smallest absolute Gasteiger partial charge is 0.131 e. The highest BCUT2D eigenvalue weighted by atomic mass is 16.5. The molecule has 4 heteroatoms. The van der Waals surface area contributed by atoms with Crippen LogP contribution in [0.25, 0.3) is 11.1 Å². The number of hydrogen-bond donors (Lipinski definition) is 1. The minimum Gasteiger partial charge on any atom is -0.488 e. The number of benzene rings is 1. The minimum absolute atomic E-state index is 0.0933. The normalized spacial score (nSPS) is 17.6. The highest BCUT2D eigenvalue weighted by Gasteiger charge is 2.24. The fourth-order valence-electron chi connectivity index (χ4n) is 2.14. The van der Waals surface area contributed by atoms with Crippen molar-refractivity contribution >= 4 is 0 Å². The molecule has 4 nitrogen and oxygen atoms in total. The molecule has 0 radical (unpaired) electrons. The molecule has 0 spiro atoms. The van der Waals surface area contributed by atoms with E-state index < -0.39 is 0 Å². The van der Waals surface area contributed by atoms with E-state index in [1.54, 1.807) is 12.4 Å². The maximum absolute atomic E-state index is 5.86. The lowest BCUT2D eigenvalue weighted by Gasteiger charge is -2.10. The second-order valence-electron chi connectivity index (χ2n) is 4.10. The molecule has 17 heavy (non-hydrogen) atoms. The van der Waals surface area contributed by atoms with Crippen molar-refractivity contribution < 1.29 is 4.74 Å². The van der Waals surface area contributed by atoms with Crippen LogP contribution in [0, 0.1) is 0 Å². The van der Waals surface area contributed by atoms with Gasteiger partial charge in [-0.2, -0.15) is 0 Å². The van der Waals surface area contributed by atoms with E-state index in [2.05, 4.69) is 16.0 Å². The first-order valence-corrected chi connectivity index (χ1v) is 5.62. The van der Waals surface area contributed by atoms with E-state index in [9.17, 15) is 0 Å². The average molecular weight is 227 g/mol. The van der Waals surface area contributed by atoms with E-state index in [1.807, 2.05) is 12.1 Å². The van der Waals surface area contributed by atoms with Gasteiger partial charge in [0.25, 0.3) is 0 Å². The van der Waals surface area contributed by atoms with Gasteiger partial charge < -0.3 is 10.5 Å². The standard InChI is InChI=1S/C13H13N3O/c14-5-11-4-9-2-1-3-12(13(9)17-11)10-6-15-8-16-7-10/h1-3,6-8,11H,4-5,14H2/t11-/m0/s1. The van der Waals surface area contributed by atoms with Crippen LogP contribution in [-0.4, -0.2) is 22.6 Å². The second kappa shape index (κ2) is 4.14. The van der Waals surface area contributed by atoms with Crippen LogP contribution >= 0.6 is 0 Å². The molecule has 2 aromatic rings. The molecule has 1 aliphatic rings. The summed E-state index contributed by atoms with van der Waals surface area (Å²) in [7, 11) is 0. The summed E-state index contributed by atoms with van der Waals surface area (Å²) in [6.07, 6.45) is 6.09. The van der Waals surface area contributed by atoms with Gasteiger partial charge in [0.05, 0.1) is 0 Å². The SMILES string of the molecule is NC[C@@H]1Cc2cccc(-c3cncnc3)c2O1. The molecule has 0 saturated carbocycles. The van der Waals surface area contributed by atoms with Crippen LogP contribution in [0.15, 0.2) is 36.9 Å². The molecule has 0 saturated heterocycles. The molecule has 3 rings (SSSR count). The number of fused-ring (bicyclic) bond motifs is 1. The van der Waals surface area contributed by atoms with Crippen molar-refractivity contribution in [1.82, 2.24) is 9.97 Å². The number of ether oxygens (including phenoxy) is 1. The second-order valence-corrected chi connectivity index (χ2v) is 4.10. The summed E-state index contributed by atoms with van der Waals surface area (Å²) in [4.78, 5) is 8.07. The third-order valence-corrected chi connectivity index (χ3v) is 2.96. The fourth-order valence-corrected chi connectivity index (χ4v) is 2.14. The quantitative estimate of drug-likeness (QED) is 0.842. The molecule has 86 valence electrons. The van der Waals surface area contributed by atoms with Gasteiger partial charge in [-0.25, -0.2) is 9.97 Å². The Morgan fingerprint density at radius 2 is 2.12 bits per heavy atom. The van der Waals surface area contributed by atoms with Crippen molar-refractivity contribution in [3.63, 3.8) is 0 Å². The van der Waals surface area contributed by atoms with Crippen molar-refractivity contribution in [3.8, 4) is 16.9 Å². The molecule has 1 atom stereocenters. The monoisotopic (exact) mass is 227 g/mol. The highest BCUT2D eigenvalue weighted by Crippen LogP contribution is 2.37. The van der Waals surface area contributed by atoms with Gasteiger partial charge in [0.2, 0.25) is 0 Å². The molecular formula is C13H13N3O. The van der Waals surface area contributed by atoms with Crippen molar-refractivity contribution in [3.05, 3.63) is 42.5 Å². The molecule has 0 aliphatic carbocycles. The van der Waals surface area contributed by atoms with Crippen LogP contribution < -0.4 is 10.5 Å². The predicted octanol–water partition coefficient (Wildman–Crippen LogP) is 1.41. The summed E-state index contributed by atoms with van der Waals surface area (Å²) in [5.74, 6) is 0.928. The van der Waals surface area contributed by atoms with E-state index in [0.29, 0.717) is 6.54 Å². The van der Waals surface area contributed by atoms with Gasteiger partial charge in [0.1, 0.15) is 18.2 Å². The van der Waals surface area contributed by atoms with Gasteiger partial charge in [-0.1, -0.05) is 18.2 Å². The zero-order chi connectivity index (χ0) is 11.7. The lowest BCUT2D eigenvalue weighted by molar-refractivity contribution is 0.242. The number of para-hydroxylation sites is 1. The van der Waals surface area contributed by atoms with E-state index in [-0.39, 0.29) is 6.10 Å². The zero-order valence-corrected chi connectivity index (χ0v) is 9.34. The number of rotatable bonds is 2. The van der Waals surface area contributed by atoms with Gasteiger partial charge >= 0.3 is 0 Å². The largest absolute Gasteiger partial charge is 0.488 e. The molecule has 0 unspecified atom stereocenters. The Kier molecular flexibility index (Phi) is 2.49. The summed E-state index contributed by atoms with van der Waals surface area (Å²) >= 11 is 0. The van der Waals surface area contributed by atoms with Crippen molar-refractivity contribution in [1.29, 1.82) is 0 Å². The summed E-state index contributed by atoms with van der Waals surface area (Å²) in [6, 6.07) is 6.14. The van der Waals surface area contributed by atoms with Crippen molar-refractivity contribution in [2.24, 2.45) is 5.73 Å². The Morgan fingerprint density at radius 3 is 2.88 bits per heavy atom. The van der Waals surface area contributed by atoms with Crippen LogP contribution in [0.1, 0.15) is 5.56 Å². The summed E-state index contributed by atoms with van der Waals surface area (Å²) < 4.78 is 5.86. The van der Waals surface area contributed by atoms with Crippen LogP contribution in [0.2, 0.25) is 0 Å². The molecular weight excluding hydrogens is 214 g/mol. The van der Waals surface area contributed by atoms with Crippen LogP contribution in [0.3, 0.4) is 0 Å². The van der Waals surface area contributed by atoms with Gasteiger partial charge in [-0.3, -0.25) is 0 Å². The third-order valence-electron chi connectivity index (χ3n) is 2.96. The number of hydrogen-bond acceptors (Lipinski definition) is 4. The van der Waals surface area contributed by atoms with Crippen LogP contribution in [-0.2, 0) is 6.42 Å².